The maximum Gasteiger partial charge on any atom is 0.138 e. The molecular weight excluding hydrogens is 536 g/mol. The monoisotopic (exact) mass is 564 g/mol. The molecule has 0 N–H and O–H groups in total. The lowest BCUT2D eigenvalue weighted by Gasteiger charge is -2.24. The lowest BCUT2D eigenvalue weighted by molar-refractivity contribution is 0.430. The molecule has 0 bridgehead atoms. The summed E-state index contributed by atoms with van der Waals surface area (Å²) in [5, 5.41) is 9.96. The molecule has 3 aliphatic rings. The van der Waals surface area contributed by atoms with Crippen LogP contribution >= 0.6 is 0 Å². The molecule has 44 heavy (non-hydrogen) atoms. The topological polar surface area (TPSA) is 22.4 Å². The van der Waals surface area contributed by atoms with E-state index in [2.05, 4.69) is 115 Å². The van der Waals surface area contributed by atoms with Crippen molar-refractivity contribution in [3.05, 3.63) is 150 Å². The van der Waals surface area contributed by atoms with Crippen molar-refractivity contribution >= 4 is 65.4 Å². The van der Waals surface area contributed by atoms with E-state index < -0.39 is 0 Å². The van der Waals surface area contributed by atoms with E-state index in [0.717, 1.165) is 58.1 Å². The van der Waals surface area contributed by atoms with Gasteiger partial charge in [-0.25, -0.2) is 0 Å². The normalized spacial score (nSPS) is 17.5. The van der Waals surface area contributed by atoms with Crippen molar-refractivity contribution in [3.8, 4) is 5.75 Å². The van der Waals surface area contributed by atoms with Crippen LogP contribution in [0.5, 0.6) is 5.75 Å². The zero-order valence-corrected chi connectivity index (χ0v) is 24.1. The molecule has 1 aliphatic heterocycles. The van der Waals surface area contributed by atoms with Crippen LogP contribution in [0.25, 0.3) is 65.4 Å². The molecule has 2 heterocycles. The third-order valence-corrected chi connectivity index (χ3v) is 9.92. The molecule has 1 unspecified atom stereocenters. The van der Waals surface area contributed by atoms with Gasteiger partial charge in [-0.3, -0.25) is 0 Å². The lowest BCUT2D eigenvalue weighted by atomic mass is 9.79. The zero-order valence-electron chi connectivity index (χ0n) is 24.1. The molecule has 1 atom stereocenters. The van der Waals surface area contributed by atoms with Crippen LogP contribution in [0.3, 0.4) is 0 Å². The molecule has 208 valence electrons. The summed E-state index contributed by atoms with van der Waals surface area (Å²) in [4.78, 5) is 0. The average molecular weight is 565 g/mol. The van der Waals surface area contributed by atoms with Crippen LogP contribution < -0.4 is 4.74 Å². The molecule has 6 aromatic carbocycles. The fourth-order valence-electron chi connectivity index (χ4n) is 8.00. The molecule has 1 aromatic heterocycles. The highest BCUT2D eigenvalue weighted by Gasteiger charge is 2.35. The number of hydrogen-bond donors (Lipinski definition) is 0. The van der Waals surface area contributed by atoms with Gasteiger partial charge in [-0.05, 0) is 92.7 Å². The Morgan fingerprint density at radius 1 is 0.545 bits per heavy atom. The third-order valence-electron chi connectivity index (χ3n) is 9.92. The Morgan fingerprint density at radius 2 is 1.23 bits per heavy atom. The van der Waals surface area contributed by atoms with Gasteiger partial charge in [0.2, 0.25) is 0 Å². The first kappa shape index (κ1) is 24.1. The van der Waals surface area contributed by atoms with E-state index in [1.54, 1.807) is 0 Å². The first-order valence-electron chi connectivity index (χ1n) is 15.6. The number of benzene rings is 6. The largest absolute Gasteiger partial charge is 0.460 e. The van der Waals surface area contributed by atoms with E-state index in [-0.39, 0.29) is 5.92 Å². The van der Waals surface area contributed by atoms with Crippen molar-refractivity contribution in [1.82, 2.24) is 0 Å². The predicted octanol–water partition coefficient (Wildman–Crippen LogP) is 11.6. The molecule has 0 saturated carbocycles. The number of rotatable bonds is 2. The number of para-hydroxylation sites is 1. The van der Waals surface area contributed by atoms with Crippen LogP contribution in [0.15, 0.2) is 138 Å². The second kappa shape index (κ2) is 9.08. The van der Waals surface area contributed by atoms with Crippen LogP contribution in [-0.2, 0) is 0 Å². The van der Waals surface area contributed by atoms with E-state index in [9.17, 15) is 0 Å². The summed E-state index contributed by atoms with van der Waals surface area (Å²) >= 11 is 0. The number of ether oxygens (including phenoxy) is 1. The quantitative estimate of drug-likeness (QED) is 0.195. The molecule has 2 nitrogen and oxygen atoms in total. The van der Waals surface area contributed by atoms with E-state index >= 15 is 0 Å². The molecule has 0 fully saturated rings. The second-order valence-corrected chi connectivity index (χ2v) is 12.2. The van der Waals surface area contributed by atoms with Gasteiger partial charge in [-0.1, -0.05) is 103 Å². The van der Waals surface area contributed by atoms with Gasteiger partial charge in [-0.2, -0.15) is 0 Å². The Kier molecular flexibility index (Phi) is 4.98. The van der Waals surface area contributed by atoms with Crippen LogP contribution in [-0.4, -0.2) is 0 Å². The minimum atomic E-state index is 0.189. The standard InChI is InChI=1S/C42H28O2/c1-2-10-25(11-3-1)39-27-12-4-6-14-29(27)40(30-15-7-5-13-28(30)39)26-18-22-37-35(24-26)33-20-19-31-32(42(33)44-37)21-23-38-41(31)34-16-8-9-17-36(34)43-38/h1-2,4-10,12-23,35H,3,11,24H2. The Morgan fingerprint density at radius 3 is 1.95 bits per heavy atom. The zero-order chi connectivity index (χ0) is 28.8. The number of allylic oxidation sites excluding steroid dienone is 8. The summed E-state index contributed by atoms with van der Waals surface area (Å²) in [6.45, 7) is 0. The summed E-state index contributed by atoms with van der Waals surface area (Å²) in [5.41, 5.74) is 8.63. The summed E-state index contributed by atoms with van der Waals surface area (Å²) in [7, 11) is 0. The maximum absolute atomic E-state index is 6.69. The highest BCUT2D eigenvalue weighted by atomic mass is 16.5. The Labute approximate surface area is 254 Å². The van der Waals surface area contributed by atoms with Gasteiger partial charge >= 0.3 is 0 Å². The fraction of sp³-hybridized carbons (Fsp3) is 0.0952. The van der Waals surface area contributed by atoms with Crippen molar-refractivity contribution in [2.45, 2.75) is 25.2 Å². The predicted molar refractivity (Wildman–Crippen MR) is 183 cm³/mol. The van der Waals surface area contributed by atoms with Gasteiger partial charge in [0.05, 0.1) is 0 Å². The van der Waals surface area contributed by atoms with Crippen LogP contribution in [0.1, 0.15) is 41.9 Å². The average Bonchev–Trinajstić information content (AvgIpc) is 3.66. The Bertz CT molecular complexity index is 2440. The van der Waals surface area contributed by atoms with Gasteiger partial charge in [-0.15, -0.1) is 0 Å². The maximum atomic E-state index is 6.69. The molecular formula is C42H28O2. The molecule has 0 radical (unpaired) electrons. The van der Waals surface area contributed by atoms with Crippen molar-refractivity contribution in [3.63, 3.8) is 0 Å². The summed E-state index contributed by atoms with van der Waals surface area (Å²) in [6, 6.07) is 35.1. The minimum Gasteiger partial charge on any atom is -0.460 e. The second-order valence-electron chi connectivity index (χ2n) is 12.2. The van der Waals surface area contributed by atoms with Crippen LogP contribution in [0, 0.1) is 0 Å². The van der Waals surface area contributed by atoms with E-state index in [1.807, 2.05) is 12.1 Å². The fourth-order valence-corrected chi connectivity index (χ4v) is 8.00. The van der Waals surface area contributed by atoms with Gasteiger partial charge in [0.15, 0.2) is 0 Å². The Hall–Kier alpha value is -5.34. The molecule has 2 heteroatoms. The van der Waals surface area contributed by atoms with Crippen molar-refractivity contribution < 1.29 is 9.15 Å². The summed E-state index contributed by atoms with van der Waals surface area (Å²) in [5.74, 6) is 2.22. The van der Waals surface area contributed by atoms with Crippen LogP contribution in [0.4, 0.5) is 0 Å². The van der Waals surface area contributed by atoms with E-state index in [4.69, 9.17) is 9.15 Å². The van der Waals surface area contributed by atoms with Gasteiger partial charge in [0.25, 0.3) is 0 Å². The molecule has 2 aliphatic carbocycles. The highest BCUT2D eigenvalue weighted by Crippen LogP contribution is 2.53. The minimum absolute atomic E-state index is 0.189. The number of furan rings is 1. The highest BCUT2D eigenvalue weighted by molar-refractivity contribution is 6.20. The first-order valence-corrected chi connectivity index (χ1v) is 15.6. The summed E-state index contributed by atoms with van der Waals surface area (Å²) in [6.07, 6.45) is 14.4. The molecule has 7 aromatic rings. The van der Waals surface area contributed by atoms with Gasteiger partial charge in [0, 0.05) is 27.6 Å². The Balaban J connectivity index is 1.14. The van der Waals surface area contributed by atoms with Crippen LogP contribution in [0.2, 0.25) is 0 Å². The van der Waals surface area contributed by atoms with E-state index in [1.165, 1.54) is 54.8 Å². The number of fused-ring (bicyclic) bond motifs is 11. The van der Waals surface area contributed by atoms with Crippen molar-refractivity contribution in [2.24, 2.45) is 0 Å². The lowest BCUT2D eigenvalue weighted by Crippen LogP contribution is -2.06. The first-order chi connectivity index (χ1) is 21.8. The third kappa shape index (κ3) is 3.31. The van der Waals surface area contributed by atoms with Crippen molar-refractivity contribution in [1.29, 1.82) is 0 Å². The van der Waals surface area contributed by atoms with Crippen molar-refractivity contribution in [2.75, 3.05) is 0 Å². The molecule has 10 rings (SSSR count). The summed E-state index contributed by atoms with van der Waals surface area (Å²) < 4.78 is 12.9. The molecule has 0 amide bonds. The smallest absolute Gasteiger partial charge is 0.138 e. The van der Waals surface area contributed by atoms with Gasteiger partial charge in [0.1, 0.15) is 22.7 Å². The van der Waals surface area contributed by atoms with Gasteiger partial charge < -0.3 is 9.15 Å². The number of hydrogen-bond acceptors (Lipinski definition) is 2. The molecule has 0 spiro atoms. The SMILES string of the molecule is C1=CCCC(c2c3ccccc3c(C3=CC=C4Oc5c(ccc6c5ccc5oc7ccccc7c56)C4C3)c3ccccc23)=C1. The van der Waals surface area contributed by atoms with E-state index in [0.29, 0.717) is 0 Å². The molecule has 0 saturated heterocycles.